The fourth-order valence-electron chi connectivity index (χ4n) is 1.43. The van der Waals surface area contributed by atoms with E-state index in [1.165, 1.54) is 0 Å². The van der Waals surface area contributed by atoms with E-state index >= 15 is 0 Å². The fraction of sp³-hybridized carbons (Fsp3) is 0.889. The van der Waals surface area contributed by atoms with Gasteiger partial charge in [0.1, 0.15) is 0 Å². The third-order valence-corrected chi connectivity index (χ3v) is 2.32. The Morgan fingerprint density at radius 1 is 1.42 bits per heavy atom. The summed E-state index contributed by atoms with van der Waals surface area (Å²) in [7, 11) is 0. The van der Waals surface area contributed by atoms with Crippen molar-refractivity contribution in [1.29, 1.82) is 5.26 Å². The van der Waals surface area contributed by atoms with Gasteiger partial charge in [-0.2, -0.15) is 5.26 Å². The maximum atomic E-state index is 8.55. The van der Waals surface area contributed by atoms with E-state index in [4.69, 9.17) is 5.26 Å². The molecule has 3 nitrogen and oxygen atoms in total. The molecule has 1 N–H and O–H groups in total. The highest BCUT2D eigenvalue weighted by Gasteiger charge is 2.28. The summed E-state index contributed by atoms with van der Waals surface area (Å²) in [6.45, 7) is 8.47. The first-order chi connectivity index (χ1) is 5.63. The molecular formula is C9H17N3. The van der Waals surface area contributed by atoms with Crippen molar-refractivity contribution in [2.45, 2.75) is 38.9 Å². The number of nitrogens with one attached hydrogen (secondary N) is 1. The van der Waals surface area contributed by atoms with E-state index in [1.54, 1.807) is 0 Å². The van der Waals surface area contributed by atoms with Gasteiger partial charge in [0.05, 0.1) is 12.1 Å². The number of rotatable bonds is 3. The van der Waals surface area contributed by atoms with Crippen molar-refractivity contribution >= 4 is 0 Å². The van der Waals surface area contributed by atoms with Crippen molar-refractivity contribution < 1.29 is 0 Å². The second-order valence-electron chi connectivity index (χ2n) is 3.76. The Balaban J connectivity index is 2.14. The first kappa shape index (κ1) is 9.50. The van der Waals surface area contributed by atoms with Gasteiger partial charge in [-0.25, -0.2) is 0 Å². The van der Waals surface area contributed by atoms with Crippen LogP contribution in [0.25, 0.3) is 0 Å². The maximum Gasteiger partial charge on any atom is 0.0927 e. The highest BCUT2D eigenvalue weighted by atomic mass is 15.3. The first-order valence-electron chi connectivity index (χ1n) is 4.53. The molecule has 0 aromatic rings. The van der Waals surface area contributed by atoms with E-state index in [-0.39, 0.29) is 6.04 Å². The highest BCUT2D eigenvalue weighted by molar-refractivity contribution is 4.94. The minimum atomic E-state index is -0.00990. The van der Waals surface area contributed by atoms with Gasteiger partial charge in [0.2, 0.25) is 0 Å². The van der Waals surface area contributed by atoms with Gasteiger partial charge in [0.15, 0.2) is 0 Å². The zero-order chi connectivity index (χ0) is 9.14. The van der Waals surface area contributed by atoms with E-state index in [0.29, 0.717) is 12.1 Å². The van der Waals surface area contributed by atoms with Crippen LogP contribution in [0.2, 0.25) is 0 Å². The van der Waals surface area contributed by atoms with E-state index in [9.17, 15) is 0 Å². The van der Waals surface area contributed by atoms with Crippen molar-refractivity contribution in [2.75, 3.05) is 13.1 Å². The van der Waals surface area contributed by atoms with Crippen LogP contribution in [0.3, 0.4) is 0 Å². The Hall–Kier alpha value is -0.590. The molecule has 0 aliphatic carbocycles. The van der Waals surface area contributed by atoms with Crippen molar-refractivity contribution in [1.82, 2.24) is 10.2 Å². The average molecular weight is 167 g/mol. The molecule has 3 heteroatoms. The average Bonchev–Trinajstić information content (AvgIpc) is 1.94. The van der Waals surface area contributed by atoms with Crippen LogP contribution in [-0.4, -0.2) is 36.1 Å². The smallest absolute Gasteiger partial charge is 0.0927 e. The van der Waals surface area contributed by atoms with Crippen molar-refractivity contribution in [2.24, 2.45) is 0 Å². The zero-order valence-electron chi connectivity index (χ0n) is 8.04. The SMILES string of the molecule is CC(C#N)NC1CN(C(C)C)C1. The summed E-state index contributed by atoms with van der Waals surface area (Å²) >= 11 is 0. The summed E-state index contributed by atoms with van der Waals surface area (Å²) in [5.41, 5.74) is 0. The van der Waals surface area contributed by atoms with Gasteiger partial charge >= 0.3 is 0 Å². The predicted molar refractivity (Wildman–Crippen MR) is 48.7 cm³/mol. The Bertz CT molecular complexity index is 177. The lowest BCUT2D eigenvalue weighted by atomic mass is 10.1. The third kappa shape index (κ3) is 2.20. The molecule has 12 heavy (non-hydrogen) atoms. The predicted octanol–water partition coefficient (Wildman–Crippen LogP) is 0.581. The van der Waals surface area contributed by atoms with Crippen molar-refractivity contribution in [3.05, 3.63) is 0 Å². The van der Waals surface area contributed by atoms with Crippen LogP contribution < -0.4 is 5.32 Å². The van der Waals surface area contributed by atoms with Gasteiger partial charge in [-0.3, -0.25) is 10.2 Å². The Morgan fingerprint density at radius 2 is 2.00 bits per heavy atom. The molecule has 1 rings (SSSR count). The molecule has 0 aromatic heterocycles. The van der Waals surface area contributed by atoms with Crippen LogP contribution in [0.1, 0.15) is 20.8 Å². The van der Waals surface area contributed by atoms with E-state index in [0.717, 1.165) is 13.1 Å². The quantitative estimate of drug-likeness (QED) is 0.668. The molecule has 1 aliphatic rings. The Morgan fingerprint density at radius 3 is 2.42 bits per heavy atom. The molecule has 1 saturated heterocycles. The molecule has 1 unspecified atom stereocenters. The summed E-state index contributed by atoms with van der Waals surface area (Å²) < 4.78 is 0. The van der Waals surface area contributed by atoms with E-state index in [1.807, 2.05) is 6.92 Å². The molecule has 0 amide bonds. The molecule has 1 aliphatic heterocycles. The second-order valence-corrected chi connectivity index (χ2v) is 3.76. The van der Waals surface area contributed by atoms with Crippen LogP contribution in [-0.2, 0) is 0 Å². The molecule has 1 atom stereocenters. The number of likely N-dealkylation sites (tertiary alicyclic amines) is 1. The van der Waals surface area contributed by atoms with E-state index < -0.39 is 0 Å². The van der Waals surface area contributed by atoms with Crippen LogP contribution in [0.4, 0.5) is 0 Å². The molecule has 0 spiro atoms. The number of hydrogen-bond acceptors (Lipinski definition) is 3. The normalized spacial score (nSPS) is 21.9. The standard InChI is InChI=1S/C9H17N3/c1-7(2)12-5-9(6-12)11-8(3)4-10/h7-9,11H,5-6H2,1-3H3. The van der Waals surface area contributed by atoms with Crippen LogP contribution in [0.15, 0.2) is 0 Å². The van der Waals surface area contributed by atoms with Gasteiger partial charge in [0, 0.05) is 25.2 Å². The van der Waals surface area contributed by atoms with Crippen molar-refractivity contribution in [3.63, 3.8) is 0 Å². The van der Waals surface area contributed by atoms with Crippen LogP contribution >= 0.6 is 0 Å². The van der Waals surface area contributed by atoms with Crippen LogP contribution in [0, 0.1) is 11.3 Å². The molecule has 0 radical (unpaired) electrons. The zero-order valence-corrected chi connectivity index (χ0v) is 8.04. The minimum Gasteiger partial charge on any atom is -0.298 e. The fourth-order valence-corrected chi connectivity index (χ4v) is 1.43. The summed E-state index contributed by atoms with van der Waals surface area (Å²) in [5.74, 6) is 0. The molecular weight excluding hydrogens is 150 g/mol. The Kier molecular flexibility index (Phi) is 3.07. The third-order valence-electron chi connectivity index (χ3n) is 2.32. The summed E-state index contributed by atoms with van der Waals surface area (Å²) in [6, 6.07) is 3.34. The molecule has 68 valence electrons. The minimum absolute atomic E-state index is 0.00990. The molecule has 0 aromatic carbocycles. The molecule has 0 saturated carbocycles. The lowest BCUT2D eigenvalue weighted by Gasteiger charge is -2.42. The first-order valence-corrected chi connectivity index (χ1v) is 4.53. The molecule has 1 fully saturated rings. The van der Waals surface area contributed by atoms with Gasteiger partial charge in [-0.05, 0) is 20.8 Å². The van der Waals surface area contributed by atoms with Crippen molar-refractivity contribution in [3.8, 4) is 6.07 Å². The van der Waals surface area contributed by atoms with Gasteiger partial charge in [0.25, 0.3) is 0 Å². The van der Waals surface area contributed by atoms with Gasteiger partial charge < -0.3 is 0 Å². The monoisotopic (exact) mass is 167 g/mol. The van der Waals surface area contributed by atoms with Gasteiger partial charge in [-0.15, -0.1) is 0 Å². The molecule has 1 heterocycles. The lowest BCUT2D eigenvalue weighted by molar-refractivity contribution is 0.0898. The Labute approximate surface area is 74.4 Å². The highest BCUT2D eigenvalue weighted by Crippen LogP contribution is 2.11. The van der Waals surface area contributed by atoms with Crippen LogP contribution in [0.5, 0.6) is 0 Å². The number of nitrogens with zero attached hydrogens (tertiary/aromatic N) is 2. The maximum absolute atomic E-state index is 8.55. The van der Waals surface area contributed by atoms with Gasteiger partial charge in [-0.1, -0.05) is 0 Å². The number of hydrogen-bond donors (Lipinski definition) is 1. The lowest BCUT2D eigenvalue weighted by Crippen LogP contribution is -2.61. The largest absolute Gasteiger partial charge is 0.298 e. The second kappa shape index (κ2) is 3.88. The topological polar surface area (TPSA) is 39.1 Å². The van der Waals surface area contributed by atoms with E-state index in [2.05, 4.69) is 30.1 Å². The summed E-state index contributed by atoms with van der Waals surface area (Å²) in [4.78, 5) is 2.39. The molecule has 0 bridgehead atoms. The summed E-state index contributed by atoms with van der Waals surface area (Å²) in [6.07, 6.45) is 0. The summed E-state index contributed by atoms with van der Waals surface area (Å²) in [5, 5.41) is 11.8. The number of nitriles is 1.